The second-order valence-electron chi connectivity index (χ2n) is 3.11. The normalized spacial score (nSPS) is 12.9. The third-order valence-electron chi connectivity index (χ3n) is 1.98. The lowest BCUT2D eigenvalue weighted by Crippen LogP contribution is -2.31. The van der Waals surface area contributed by atoms with E-state index in [4.69, 9.17) is 11.6 Å². The first-order chi connectivity index (χ1) is 8.25. The molecule has 0 unspecified atom stereocenters. The second-order valence-corrected chi connectivity index (χ2v) is 6.19. The van der Waals surface area contributed by atoms with Crippen molar-refractivity contribution in [3.63, 3.8) is 0 Å². The predicted octanol–water partition coefficient (Wildman–Crippen LogP) is 2.96. The molecule has 2 heterocycles. The van der Waals surface area contributed by atoms with E-state index in [0.717, 1.165) is 23.6 Å². The smallest absolute Gasteiger partial charge is 0.195 e. The first kappa shape index (κ1) is 13.4. The van der Waals surface area contributed by atoms with Crippen molar-refractivity contribution in [2.75, 3.05) is 0 Å². The van der Waals surface area contributed by atoms with Crippen molar-refractivity contribution >= 4 is 33.0 Å². The zero-order valence-corrected chi connectivity index (χ0v) is 10.7. The van der Waals surface area contributed by atoms with Crippen molar-refractivity contribution in [3.8, 4) is 10.6 Å². The SMILES string of the molecule is O=S(=O)(n1nccc1-c1sccc1Cl)C(F)(F)F. The quantitative estimate of drug-likeness (QED) is 0.856. The van der Waals surface area contributed by atoms with Gasteiger partial charge in [0.15, 0.2) is 0 Å². The highest BCUT2D eigenvalue weighted by atomic mass is 35.5. The molecule has 2 rings (SSSR count). The monoisotopic (exact) mass is 316 g/mol. The van der Waals surface area contributed by atoms with Gasteiger partial charge in [0.2, 0.25) is 0 Å². The van der Waals surface area contributed by atoms with Crippen molar-refractivity contribution < 1.29 is 21.6 Å². The lowest BCUT2D eigenvalue weighted by molar-refractivity contribution is -0.0449. The Hall–Kier alpha value is -1.06. The Morgan fingerprint density at radius 2 is 2.00 bits per heavy atom. The van der Waals surface area contributed by atoms with E-state index < -0.39 is 15.5 Å². The van der Waals surface area contributed by atoms with Crippen molar-refractivity contribution in [1.29, 1.82) is 0 Å². The van der Waals surface area contributed by atoms with E-state index in [2.05, 4.69) is 5.10 Å². The minimum Gasteiger partial charge on any atom is -0.195 e. The molecule has 0 bridgehead atoms. The van der Waals surface area contributed by atoms with Crippen LogP contribution in [0.3, 0.4) is 0 Å². The summed E-state index contributed by atoms with van der Waals surface area (Å²) in [5.74, 6) is 0. The fraction of sp³-hybridized carbons (Fsp3) is 0.125. The molecule has 0 saturated heterocycles. The van der Waals surface area contributed by atoms with Crippen LogP contribution in [-0.4, -0.2) is 23.1 Å². The number of thiophene rings is 1. The van der Waals surface area contributed by atoms with Gasteiger partial charge in [0, 0.05) is 0 Å². The van der Waals surface area contributed by atoms with Crippen LogP contribution in [0.2, 0.25) is 5.02 Å². The van der Waals surface area contributed by atoms with Gasteiger partial charge in [0.05, 0.1) is 21.8 Å². The van der Waals surface area contributed by atoms with Gasteiger partial charge in [-0.05, 0) is 17.5 Å². The summed E-state index contributed by atoms with van der Waals surface area (Å²) >= 11 is 6.78. The zero-order chi connectivity index (χ0) is 13.6. The Kier molecular flexibility index (Phi) is 3.16. The Balaban J connectivity index is 2.64. The van der Waals surface area contributed by atoms with Crippen LogP contribution in [0.15, 0.2) is 23.7 Å². The van der Waals surface area contributed by atoms with Gasteiger partial charge >= 0.3 is 15.5 Å². The molecule has 0 spiro atoms. The maximum Gasteiger partial charge on any atom is 0.518 e. The number of hydrogen-bond donors (Lipinski definition) is 0. The van der Waals surface area contributed by atoms with Crippen LogP contribution in [0.1, 0.15) is 0 Å². The molecule has 2 aromatic rings. The van der Waals surface area contributed by atoms with Crippen LogP contribution in [0.25, 0.3) is 10.6 Å². The minimum absolute atomic E-state index is 0.0648. The molecule has 98 valence electrons. The Morgan fingerprint density at radius 3 is 2.50 bits per heavy atom. The van der Waals surface area contributed by atoms with Crippen molar-refractivity contribution in [3.05, 3.63) is 28.7 Å². The van der Waals surface area contributed by atoms with Crippen molar-refractivity contribution in [2.45, 2.75) is 5.51 Å². The molecule has 0 radical (unpaired) electrons. The minimum atomic E-state index is -5.55. The Bertz CT molecular complexity index is 675. The van der Waals surface area contributed by atoms with Gasteiger partial charge in [-0.2, -0.15) is 26.7 Å². The van der Waals surface area contributed by atoms with Crippen LogP contribution < -0.4 is 0 Å². The molecule has 4 nitrogen and oxygen atoms in total. The Morgan fingerprint density at radius 1 is 1.33 bits per heavy atom. The molecule has 0 N–H and O–H groups in total. The number of rotatable bonds is 2. The maximum atomic E-state index is 12.4. The lowest BCUT2D eigenvalue weighted by atomic mass is 10.3. The highest BCUT2D eigenvalue weighted by Gasteiger charge is 2.49. The van der Waals surface area contributed by atoms with E-state index >= 15 is 0 Å². The molecule has 0 aliphatic heterocycles. The molecule has 0 atom stereocenters. The summed E-state index contributed by atoms with van der Waals surface area (Å²) in [4.78, 5) is 0.210. The third kappa shape index (κ3) is 2.02. The lowest BCUT2D eigenvalue weighted by Gasteiger charge is -2.10. The van der Waals surface area contributed by atoms with E-state index in [0.29, 0.717) is 0 Å². The summed E-state index contributed by atoms with van der Waals surface area (Å²) in [6.45, 7) is 0. The van der Waals surface area contributed by atoms with Crippen LogP contribution >= 0.6 is 22.9 Å². The van der Waals surface area contributed by atoms with Gasteiger partial charge in [-0.3, -0.25) is 0 Å². The van der Waals surface area contributed by atoms with Gasteiger partial charge < -0.3 is 0 Å². The summed E-state index contributed by atoms with van der Waals surface area (Å²) in [6.07, 6.45) is 0.967. The van der Waals surface area contributed by atoms with Crippen LogP contribution in [-0.2, 0) is 10.0 Å². The molecule has 0 amide bonds. The van der Waals surface area contributed by atoms with E-state index in [1.54, 1.807) is 0 Å². The first-order valence-corrected chi connectivity index (χ1v) is 7.04. The molecule has 0 aliphatic rings. The third-order valence-corrected chi connectivity index (χ3v) is 4.68. The van der Waals surface area contributed by atoms with Crippen molar-refractivity contribution in [1.82, 2.24) is 9.19 Å². The second kappa shape index (κ2) is 4.25. The van der Waals surface area contributed by atoms with Crippen LogP contribution in [0, 0.1) is 0 Å². The molecule has 0 aliphatic carbocycles. The van der Waals surface area contributed by atoms with Gasteiger partial charge in [-0.15, -0.1) is 15.4 Å². The van der Waals surface area contributed by atoms with Gasteiger partial charge in [0.25, 0.3) is 0 Å². The summed E-state index contributed by atoms with van der Waals surface area (Å²) in [6, 6.07) is 2.61. The van der Waals surface area contributed by atoms with E-state index in [1.807, 2.05) is 0 Å². The summed E-state index contributed by atoms with van der Waals surface area (Å²) in [5, 5.41) is 4.91. The van der Waals surface area contributed by atoms with E-state index in [-0.39, 0.29) is 19.7 Å². The van der Waals surface area contributed by atoms with E-state index in [9.17, 15) is 21.6 Å². The summed E-state index contributed by atoms with van der Waals surface area (Å²) in [7, 11) is -5.55. The van der Waals surface area contributed by atoms with Gasteiger partial charge in [-0.1, -0.05) is 11.6 Å². The number of aromatic nitrogens is 2. The average Bonchev–Trinajstić information content (AvgIpc) is 2.83. The number of alkyl halides is 3. The largest absolute Gasteiger partial charge is 0.518 e. The molecule has 0 saturated carbocycles. The van der Waals surface area contributed by atoms with E-state index in [1.165, 1.54) is 11.4 Å². The zero-order valence-electron chi connectivity index (χ0n) is 8.35. The fourth-order valence-corrected chi connectivity index (χ4v) is 3.23. The molecule has 2 aromatic heterocycles. The highest BCUT2D eigenvalue weighted by Crippen LogP contribution is 2.35. The Labute approximate surface area is 109 Å². The highest BCUT2D eigenvalue weighted by molar-refractivity contribution is 7.90. The van der Waals surface area contributed by atoms with Crippen LogP contribution in [0.4, 0.5) is 13.2 Å². The number of hydrogen-bond acceptors (Lipinski definition) is 4. The van der Waals surface area contributed by atoms with Gasteiger partial charge in [-0.25, -0.2) is 0 Å². The average molecular weight is 317 g/mol. The molecule has 18 heavy (non-hydrogen) atoms. The van der Waals surface area contributed by atoms with Crippen molar-refractivity contribution in [2.24, 2.45) is 0 Å². The molecule has 0 fully saturated rings. The number of nitrogens with zero attached hydrogens (tertiary/aromatic N) is 2. The maximum absolute atomic E-state index is 12.4. The predicted molar refractivity (Wildman–Crippen MR) is 60.9 cm³/mol. The molecular formula is C8H4ClF3N2O2S2. The summed E-state index contributed by atoms with van der Waals surface area (Å²) in [5.41, 5.74) is -5.63. The standard InChI is InChI=1S/C8H4ClF3N2O2S2/c9-5-2-4-17-7(5)6-1-3-13-14(6)18(15,16)8(10,11)12/h1-4H. The molecule has 0 aromatic carbocycles. The fourth-order valence-electron chi connectivity index (χ4n) is 1.22. The summed E-state index contributed by atoms with van der Waals surface area (Å²) < 4.78 is 59.8. The van der Waals surface area contributed by atoms with Gasteiger partial charge in [0.1, 0.15) is 0 Å². The first-order valence-electron chi connectivity index (χ1n) is 4.34. The molecule has 10 heteroatoms. The molecular weight excluding hydrogens is 313 g/mol. The van der Waals surface area contributed by atoms with Crippen LogP contribution in [0.5, 0.6) is 0 Å². The number of halogens is 4. The topological polar surface area (TPSA) is 52.0 Å².